The Bertz CT molecular complexity index is 743. The normalized spacial score (nSPS) is 18.6. The van der Waals surface area contributed by atoms with Crippen LogP contribution in [0.25, 0.3) is 0 Å². The van der Waals surface area contributed by atoms with Crippen molar-refractivity contribution < 1.29 is 9.59 Å². The van der Waals surface area contributed by atoms with E-state index in [-0.39, 0.29) is 12.6 Å². The summed E-state index contributed by atoms with van der Waals surface area (Å²) in [7, 11) is 4.27. The molecule has 1 unspecified atom stereocenters. The average Bonchev–Trinajstić information content (AvgIpc) is 2.73. The number of hydrogen-bond donors (Lipinski definition) is 2. The molecule has 0 bridgehead atoms. The van der Waals surface area contributed by atoms with Gasteiger partial charge in [0.1, 0.15) is 0 Å². The molecule has 1 aromatic rings. The average molecular weight is 400 g/mol. The summed E-state index contributed by atoms with van der Waals surface area (Å²) < 4.78 is 0. The van der Waals surface area contributed by atoms with E-state index in [4.69, 9.17) is 0 Å². The monoisotopic (exact) mass is 399 g/mol. The molecule has 1 saturated heterocycles. The first-order valence-electron chi connectivity index (χ1n) is 10.4. The number of amides is 2. The fourth-order valence-electron chi connectivity index (χ4n) is 4.12. The van der Waals surface area contributed by atoms with E-state index >= 15 is 0 Å². The van der Waals surface area contributed by atoms with Crippen LogP contribution in [0.5, 0.6) is 0 Å². The lowest BCUT2D eigenvalue weighted by Crippen LogP contribution is -2.49. The molecular formula is C22H33N5O2. The van der Waals surface area contributed by atoms with Gasteiger partial charge in [0.15, 0.2) is 0 Å². The molecule has 1 fully saturated rings. The molecule has 2 aliphatic heterocycles. The van der Waals surface area contributed by atoms with Crippen LogP contribution < -0.4 is 15.5 Å². The second-order valence-corrected chi connectivity index (χ2v) is 7.98. The van der Waals surface area contributed by atoms with Crippen molar-refractivity contribution in [3.8, 4) is 0 Å². The number of piperazine rings is 1. The van der Waals surface area contributed by atoms with E-state index < -0.39 is 11.8 Å². The molecule has 0 radical (unpaired) electrons. The molecule has 0 aromatic heterocycles. The second kappa shape index (κ2) is 9.89. The Kier molecular flexibility index (Phi) is 7.28. The van der Waals surface area contributed by atoms with Crippen molar-refractivity contribution in [2.24, 2.45) is 0 Å². The molecule has 29 heavy (non-hydrogen) atoms. The third-order valence-corrected chi connectivity index (χ3v) is 5.89. The minimum atomic E-state index is -0.617. The Balaban J connectivity index is 1.75. The summed E-state index contributed by atoms with van der Waals surface area (Å²) in [6.07, 6.45) is 3.80. The van der Waals surface area contributed by atoms with Crippen LogP contribution >= 0.6 is 0 Å². The zero-order valence-corrected chi connectivity index (χ0v) is 17.6. The van der Waals surface area contributed by atoms with E-state index in [0.29, 0.717) is 6.54 Å². The molecule has 2 amide bonds. The van der Waals surface area contributed by atoms with Crippen molar-refractivity contribution in [1.82, 2.24) is 20.4 Å². The topological polar surface area (TPSA) is 67.9 Å². The molecule has 3 rings (SSSR count). The minimum Gasteiger partial charge on any atom is -0.374 e. The van der Waals surface area contributed by atoms with Gasteiger partial charge in [-0.1, -0.05) is 18.2 Å². The van der Waals surface area contributed by atoms with Gasteiger partial charge < -0.3 is 20.4 Å². The molecule has 0 saturated carbocycles. The summed E-state index contributed by atoms with van der Waals surface area (Å²) in [4.78, 5) is 31.1. The maximum Gasteiger partial charge on any atom is 0.309 e. The summed E-state index contributed by atoms with van der Waals surface area (Å²) in [5, 5.41) is 5.37. The zero-order valence-electron chi connectivity index (χ0n) is 17.6. The number of carbonyl (C=O) groups excluding carboxylic acids is 2. The maximum absolute atomic E-state index is 12.2. The Hall–Kier alpha value is -2.38. The SMILES string of the molecule is C=CCNC(=O)C(=O)NCC(c1ccc2c(c1)CCCN2C)N1CCN(C)CC1. The molecule has 0 aliphatic carbocycles. The maximum atomic E-state index is 12.2. The van der Waals surface area contributed by atoms with Crippen molar-refractivity contribution in [3.05, 3.63) is 42.0 Å². The lowest BCUT2D eigenvalue weighted by Gasteiger charge is -2.39. The van der Waals surface area contributed by atoms with E-state index in [1.165, 1.54) is 16.8 Å². The van der Waals surface area contributed by atoms with Crippen molar-refractivity contribution in [2.45, 2.75) is 18.9 Å². The predicted octanol–water partition coefficient (Wildman–Crippen LogP) is 0.776. The van der Waals surface area contributed by atoms with Gasteiger partial charge in [-0.2, -0.15) is 0 Å². The van der Waals surface area contributed by atoms with Crippen LogP contribution in [0.3, 0.4) is 0 Å². The van der Waals surface area contributed by atoms with Gasteiger partial charge in [-0.3, -0.25) is 14.5 Å². The number of likely N-dealkylation sites (N-methyl/N-ethyl adjacent to an activating group) is 1. The number of benzene rings is 1. The zero-order chi connectivity index (χ0) is 20.8. The molecule has 1 aromatic carbocycles. The lowest BCUT2D eigenvalue weighted by atomic mass is 9.95. The molecule has 0 spiro atoms. The van der Waals surface area contributed by atoms with Crippen LogP contribution in [0.4, 0.5) is 5.69 Å². The van der Waals surface area contributed by atoms with Crippen molar-refractivity contribution in [3.63, 3.8) is 0 Å². The second-order valence-electron chi connectivity index (χ2n) is 7.98. The van der Waals surface area contributed by atoms with Crippen LogP contribution in [0, 0.1) is 0 Å². The molecular weight excluding hydrogens is 366 g/mol. The third kappa shape index (κ3) is 5.36. The van der Waals surface area contributed by atoms with Gasteiger partial charge in [0.05, 0.1) is 6.04 Å². The number of rotatable bonds is 6. The Morgan fingerprint density at radius 1 is 1.10 bits per heavy atom. The smallest absolute Gasteiger partial charge is 0.309 e. The fourth-order valence-corrected chi connectivity index (χ4v) is 4.12. The first kappa shape index (κ1) is 21.3. The number of nitrogens with zero attached hydrogens (tertiary/aromatic N) is 3. The third-order valence-electron chi connectivity index (χ3n) is 5.89. The number of nitrogens with one attached hydrogen (secondary N) is 2. The van der Waals surface area contributed by atoms with Gasteiger partial charge >= 0.3 is 11.8 Å². The highest BCUT2D eigenvalue weighted by atomic mass is 16.2. The summed E-state index contributed by atoms with van der Waals surface area (Å²) >= 11 is 0. The van der Waals surface area contributed by atoms with E-state index in [1.807, 2.05) is 0 Å². The predicted molar refractivity (Wildman–Crippen MR) is 116 cm³/mol. The van der Waals surface area contributed by atoms with Crippen molar-refractivity contribution in [2.75, 3.05) is 64.8 Å². The summed E-state index contributed by atoms with van der Waals surface area (Å²) in [6.45, 7) is 9.22. The first-order chi connectivity index (χ1) is 14.0. The van der Waals surface area contributed by atoms with Crippen LogP contribution in [-0.4, -0.2) is 81.5 Å². The van der Waals surface area contributed by atoms with Gasteiger partial charge in [-0.05, 0) is 37.1 Å². The minimum absolute atomic E-state index is 0.0531. The van der Waals surface area contributed by atoms with E-state index in [2.05, 4.69) is 64.2 Å². The van der Waals surface area contributed by atoms with Gasteiger partial charge in [-0.15, -0.1) is 6.58 Å². The van der Waals surface area contributed by atoms with Crippen molar-refractivity contribution in [1.29, 1.82) is 0 Å². The summed E-state index contributed by atoms with van der Waals surface area (Å²) in [5.74, 6) is -1.21. The van der Waals surface area contributed by atoms with Crippen LogP contribution in [0.2, 0.25) is 0 Å². The molecule has 7 nitrogen and oxygen atoms in total. The standard InChI is InChI=1S/C22H33N5O2/c1-4-9-23-21(28)22(29)24-16-20(27-13-11-25(2)12-14-27)18-7-8-19-17(15-18)6-5-10-26(19)3/h4,7-8,15,20H,1,5-6,9-14,16H2,2-3H3,(H,23,28)(H,24,29). The quantitative estimate of drug-likeness (QED) is 0.547. The molecule has 1 atom stereocenters. The highest BCUT2D eigenvalue weighted by molar-refractivity contribution is 6.35. The number of hydrogen-bond acceptors (Lipinski definition) is 5. The van der Waals surface area contributed by atoms with E-state index in [0.717, 1.165) is 45.6 Å². The molecule has 158 valence electrons. The molecule has 2 heterocycles. The largest absolute Gasteiger partial charge is 0.374 e. The van der Waals surface area contributed by atoms with Crippen LogP contribution in [-0.2, 0) is 16.0 Å². The van der Waals surface area contributed by atoms with E-state index in [9.17, 15) is 9.59 Å². The number of aryl methyl sites for hydroxylation is 1. The number of carbonyl (C=O) groups is 2. The Labute approximate surface area is 173 Å². The molecule has 2 aliphatic rings. The van der Waals surface area contributed by atoms with Gasteiger partial charge in [0.25, 0.3) is 0 Å². The van der Waals surface area contributed by atoms with Gasteiger partial charge in [0.2, 0.25) is 0 Å². The highest BCUT2D eigenvalue weighted by Crippen LogP contribution is 2.31. The highest BCUT2D eigenvalue weighted by Gasteiger charge is 2.26. The Morgan fingerprint density at radius 3 is 2.55 bits per heavy atom. The van der Waals surface area contributed by atoms with Gasteiger partial charge in [0, 0.05) is 58.5 Å². The van der Waals surface area contributed by atoms with Crippen LogP contribution in [0.15, 0.2) is 30.9 Å². The van der Waals surface area contributed by atoms with Gasteiger partial charge in [-0.25, -0.2) is 0 Å². The fraction of sp³-hybridized carbons (Fsp3) is 0.545. The molecule has 2 N–H and O–H groups in total. The van der Waals surface area contributed by atoms with Crippen LogP contribution in [0.1, 0.15) is 23.6 Å². The number of anilines is 1. The Morgan fingerprint density at radius 2 is 1.83 bits per heavy atom. The lowest BCUT2D eigenvalue weighted by molar-refractivity contribution is -0.139. The summed E-state index contributed by atoms with van der Waals surface area (Å²) in [5.41, 5.74) is 3.87. The summed E-state index contributed by atoms with van der Waals surface area (Å²) in [6, 6.07) is 6.72. The first-order valence-corrected chi connectivity index (χ1v) is 10.4. The van der Waals surface area contributed by atoms with Crippen molar-refractivity contribution >= 4 is 17.5 Å². The number of fused-ring (bicyclic) bond motifs is 1. The molecule has 7 heteroatoms. The van der Waals surface area contributed by atoms with E-state index in [1.54, 1.807) is 6.08 Å².